The highest BCUT2D eigenvalue weighted by atomic mass is 32.1. The molecule has 0 aliphatic heterocycles. The molecule has 0 bridgehead atoms. The minimum absolute atomic E-state index is 0.134. The van der Waals surface area contributed by atoms with E-state index in [1.54, 1.807) is 52.8 Å². The number of aliphatic hydroxyl groups is 2. The minimum Gasteiger partial charge on any atom is -0.388 e. The maximum atomic E-state index is 14.0. The number of hydrogen-bond donors (Lipinski definition) is 6. The smallest absolute Gasteiger partial charge is 0.318 e. The van der Waals surface area contributed by atoms with Crippen LogP contribution < -0.4 is 21.3 Å². The third-order valence-corrected chi connectivity index (χ3v) is 10.6. The highest BCUT2D eigenvalue weighted by Crippen LogP contribution is 2.17. The lowest BCUT2D eigenvalue weighted by molar-refractivity contribution is -0.129. The molecule has 0 fully saturated rings. The molecule has 6 N–H and O–H groups in total. The Kier molecular flexibility index (Phi) is 16.8. The van der Waals surface area contributed by atoms with Gasteiger partial charge in [0.2, 0.25) is 11.8 Å². The number of carbonyl (C=O) groups is 4. The van der Waals surface area contributed by atoms with E-state index in [2.05, 4.69) is 31.2 Å². The number of amides is 6. The Morgan fingerprint density at radius 1 is 0.607 bits per heavy atom. The molecule has 0 radical (unpaired) electrons. The molecule has 2 aromatic carbocycles. The number of rotatable bonds is 19. The van der Waals surface area contributed by atoms with Gasteiger partial charge in [-0.1, -0.05) is 88.4 Å². The summed E-state index contributed by atoms with van der Waals surface area (Å²) in [6, 6.07) is 13.4. The Bertz CT molecular complexity index is 1670. The van der Waals surface area contributed by atoms with Crippen LogP contribution in [0.15, 0.2) is 82.4 Å². The summed E-state index contributed by atoms with van der Waals surface area (Å²) in [7, 11) is 3.22. The summed E-state index contributed by atoms with van der Waals surface area (Å²) in [5, 5.41) is 39.1. The number of hydrogen-bond acceptors (Lipinski definition) is 10. The zero-order valence-corrected chi connectivity index (χ0v) is 34.3. The lowest BCUT2D eigenvalue weighted by Gasteiger charge is -2.35. The second kappa shape index (κ2) is 21.4. The van der Waals surface area contributed by atoms with Crippen LogP contribution in [0.25, 0.3) is 0 Å². The molecule has 0 saturated carbocycles. The van der Waals surface area contributed by atoms with Crippen LogP contribution in [-0.4, -0.2) is 104 Å². The molecule has 4 rings (SSSR count). The molecule has 4 aromatic rings. The molecule has 0 unspecified atom stereocenters. The first-order valence-electron chi connectivity index (χ1n) is 18.6. The highest BCUT2D eigenvalue weighted by molar-refractivity contribution is 7.07. The van der Waals surface area contributed by atoms with E-state index in [1.807, 2.05) is 71.4 Å². The average molecular weight is 807 g/mol. The van der Waals surface area contributed by atoms with Crippen molar-refractivity contribution < 1.29 is 29.4 Å². The van der Waals surface area contributed by atoms with E-state index in [4.69, 9.17) is 0 Å². The molecule has 0 aliphatic rings. The van der Waals surface area contributed by atoms with Gasteiger partial charge in [-0.25, -0.2) is 19.6 Å². The summed E-state index contributed by atoms with van der Waals surface area (Å²) >= 11 is 2.84. The highest BCUT2D eigenvalue weighted by Gasteiger charge is 2.38. The number of thiazole rings is 2. The molecule has 16 heteroatoms. The SMILES string of the molecule is CC(C)[C@H](NC(=O)N(C)Cc1cscn1)C(=O)N[C@@H](Cc1ccccc1)[C@@H](O)[C@H](O)[C@H](Cc1ccccc1)NC(=O)[C@@H](NC(=O)N(C)Cc1cscn1)C(C)C. The lowest BCUT2D eigenvalue weighted by Crippen LogP contribution is -2.62. The van der Waals surface area contributed by atoms with E-state index in [1.165, 1.54) is 32.5 Å². The number of nitrogens with zero attached hydrogens (tertiary/aromatic N) is 4. The quantitative estimate of drug-likeness (QED) is 0.0826. The first-order valence-corrected chi connectivity index (χ1v) is 20.4. The Morgan fingerprint density at radius 2 is 0.964 bits per heavy atom. The van der Waals surface area contributed by atoms with Gasteiger partial charge in [-0.15, -0.1) is 22.7 Å². The molecule has 56 heavy (non-hydrogen) atoms. The Labute approximate surface area is 336 Å². The Morgan fingerprint density at radius 3 is 1.27 bits per heavy atom. The van der Waals surface area contributed by atoms with Crippen molar-refractivity contribution in [2.24, 2.45) is 11.8 Å². The van der Waals surface area contributed by atoms with Crippen LogP contribution >= 0.6 is 22.7 Å². The Balaban J connectivity index is 1.56. The van der Waals surface area contributed by atoms with Crippen molar-refractivity contribution in [3.05, 3.63) is 105 Å². The second-order valence-electron chi connectivity index (χ2n) is 14.6. The van der Waals surface area contributed by atoms with Gasteiger partial charge in [-0.3, -0.25) is 9.59 Å². The fourth-order valence-corrected chi connectivity index (χ4v) is 7.19. The van der Waals surface area contributed by atoms with Gasteiger partial charge in [-0.05, 0) is 35.8 Å². The zero-order chi connectivity index (χ0) is 40.8. The predicted octanol–water partition coefficient (Wildman–Crippen LogP) is 3.81. The number of aromatic nitrogens is 2. The third-order valence-electron chi connectivity index (χ3n) is 9.34. The fourth-order valence-electron chi connectivity index (χ4n) is 6.09. The van der Waals surface area contributed by atoms with Crippen molar-refractivity contribution in [3.63, 3.8) is 0 Å². The first kappa shape index (κ1) is 43.8. The maximum Gasteiger partial charge on any atom is 0.318 e. The largest absolute Gasteiger partial charge is 0.388 e. The van der Waals surface area contributed by atoms with Crippen molar-refractivity contribution in [1.29, 1.82) is 0 Å². The predicted molar refractivity (Wildman–Crippen MR) is 218 cm³/mol. The summed E-state index contributed by atoms with van der Waals surface area (Å²) in [6.07, 6.45) is -2.90. The van der Waals surface area contributed by atoms with E-state index in [0.717, 1.165) is 22.5 Å². The number of urea groups is 2. The van der Waals surface area contributed by atoms with E-state index in [0.29, 0.717) is 0 Å². The fraction of sp³-hybridized carbons (Fsp3) is 0.450. The maximum absolute atomic E-state index is 14.0. The van der Waals surface area contributed by atoms with Crippen molar-refractivity contribution in [3.8, 4) is 0 Å². The molecule has 302 valence electrons. The van der Waals surface area contributed by atoms with Crippen molar-refractivity contribution in [2.75, 3.05) is 14.1 Å². The van der Waals surface area contributed by atoms with E-state index in [9.17, 15) is 29.4 Å². The Hall–Kier alpha value is -4.90. The number of carbonyl (C=O) groups excluding carboxylic acids is 4. The normalized spacial score (nSPS) is 14.5. The average Bonchev–Trinajstić information content (AvgIpc) is 3.90. The van der Waals surface area contributed by atoms with Crippen LogP contribution in [0.1, 0.15) is 50.2 Å². The van der Waals surface area contributed by atoms with Gasteiger partial charge in [0.25, 0.3) is 0 Å². The topological polar surface area (TPSA) is 189 Å². The molecule has 14 nitrogen and oxygen atoms in total. The van der Waals surface area contributed by atoms with Crippen LogP contribution in [0.3, 0.4) is 0 Å². The van der Waals surface area contributed by atoms with Crippen LogP contribution in [0.4, 0.5) is 9.59 Å². The zero-order valence-electron chi connectivity index (χ0n) is 32.7. The van der Waals surface area contributed by atoms with Crippen LogP contribution in [0.5, 0.6) is 0 Å². The number of benzene rings is 2. The summed E-state index contributed by atoms with van der Waals surface area (Å²) in [5.74, 6) is -1.76. The summed E-state index contributed by atoms with van der Waals surface area (Å²) < 4.78 is 0. The van der Waals surface area contributed by atoms with Crippen molar-refractivity contribution in [2.45, 2.75) is 90.0 Å². The second-order valence-corrected chi connectivity index (χ2v) is 16.0. The molecule has 0 aliphatic carbocycles. The van der Waals surface area contributed by atoms with E-state index in [-0.39, 0.29) is 37.8 Å². The van der Waals surface area contributed by atoms with Gasteiger partial charge in [0.15, 0.2) is 0 Å². The van der Waals surface area contributed by atoms with Gasteiger partial charge in [0, 0.05) is 24.9 Å². The molecular formula is C40H54N8O6S2. The van der Waals surface area contributed by atoms with Gasteiger partial charge in [0.1, 0.15) is 24.3 Å². The van der Waals surface area contributed by atoms with Crippen molar-refractivity contribution in [1.82, 2.24) is 41.0 Å². The monoisotopic (exact) mass is 806 g/mol. The molecular weight excluding hydrogens is 753 g/mol. The van der Waals surface area contributed by atoms with E-state index >= 15 is 0 Å². The van der Waals surface area contributed by atoms with Gasteiger partial charge >= 0.3 is 12.1 Å². The summed E-state index contributed by atoms with van der Waals surface area (Å²) in [5.41, 5.74) is 6.36. The standard InChI is InChI=1S/C40H54N8O6S2/c1-25(2)33(45-39(53)47(5)19-29-21-55-23-41-29)37(51)43-31(17-27-13-9-7-10-14-27)35(49)36(50)32(18-28-15-11-8-12-16-28)44-38(52)34(26(3)4)46-40(54)48(6)20-30-22-56-24-42-30/h7-16,21-26,31-36,49-50H,17-20H2,1-6H3,(H,43,51)(H,44,52)(H,45,53)(H,46,54)/t31-,32-,33-,34-,35+,36+/m0/s1. The number of aliphatic hydroxyl groups excluding tert-OH is 2. The van der Waals surface area contributed by atoms with Gasteiger partial charge in [0.05, 0.1) is 47.6 Å². The third kappa shape index (κ3) is 13.1. The molecule has 6 amide bonds. The molecule has 0 saturated heterocycles. The van der Waals surface area contributed by atoms with Crippen LogP contribution in [-0.2, 0) is 35.5 Å². The van der Waals surface area contributed by atoms with Crippen LogP contribution in [0.2, 0.25) is 0 Å². The molecule has 0 spiro atoms. The number of nitrogens with one attached hydrogen (secondary N) is 4. The van der Waals surface area contributed by atoms with E-state index < -0.39 is 60.3 Å². The lowest BCUT2D eigenvalue weighted by atomic mass is 9.90. The summed E-state index contributed by atoms with van der Waals surface area (Å²) in [4.78, 5) is 65.7. The molecule has 2 aromatic heterocycles. The van der Waals surface area contributed by atoms with Crippen molar-refractivity contribution >= 4 is 46.6 Å². The van der Waals surface area contributed by atoms with Gasteiger partial charge in [-0.2, -0.15) is 0 Å². The van der Waals surface area contributed by atoms with Gasteiger partial charge < -0.3 is 41.3 Å². The van der Waals surface area contributed by atoms with Crippen LogP contribution in [0, 0.1) is 11.8 Å². The molecule has 2 heterocycles. The minimum atomic E-state index is -1.58. The molecule has 6 atom stereocenters. The summed E-state index contributed by atoms with van der Waals surface area (Å²) in [6.45, 7) is 7.71. The first-order chi connectivity index (χ1) is 26.7.